The second-order valence-electron chi connectivity index (χ2n) is 7.18. The van der Waals surface area contributed by atoms with Crippen molar-refractivity contribution in [3.8, 4) is 0 Å². The van der Waals surface area contributed by atoms with E-state index in [4.69, 9.17) is 4.74 Å². The zero-order valence-electron chi connectivity index (χ0n) is 16.9. The van der Waals surface area contributed by atoms with Crippen LogP contribution in [0.4, 0.5) is 4.79 Å². The van der Waals surface area contributed by atoms with Crippen LogP contribution in [0.2, 0.25) is 0 Å². The smallest absolute Gasteiger partial charge is 0.408 e. The van der Waals surface area contributed by atoms with Gasteiger partial charge in [-0.3, -0.25) is 4.79 Å². The van der Waals surface area contributed by atoms with Crippen molar-refractivity contribution in [1.29, 1.82) is 0 Å². The fourth-order valence-corrected chi connectivity index (χ4v) is 2.72. The number of hydrogen-bond donors (Lipinski definition) is 3. The van der Waals surface area contributed by atoms with Gasteiger partial charge < -0.3 is 20.5 Å². The quantitative estimate of drug-likeness (QED) is 0.472. The van der Waals surface area contributed by atoms with Crippen molar-refractivity contribution in [3.63, 3.8) is 0 Å². The highest BCUT2D eigenvalue weighted by Crippen LogP contribution is 2.09. The van der Waals surface area contributed by atoms with Gasteiger partial charge in [-0.05, 0) is 17.9 Å². The summed E-state index contributed by atoms with van der Waals surface area (Å²) >= 11 is 0. The van der Waals surface area contributed by atoms with Gasteiger partial charge in [0.15, 0.2) is 0 Å². The van der Waals surface area contributed by atoms with Crippen molar-refractivity contribution in [2.24, 2.45) is 5.92 Å². The molecule has 0 aliphatic heterocycles. The fourth-order valence-electron chi connectivity index (χ4n) is 2.72. The number of ether oxygens (including phenoxy) is 1. The maximum Gasteiger partial charge on any atom is 0.408 e. The molecule has 7 nitrogen and oxygen atoms in total. The molecule has 0 aromatic heterocycles. The molecular weight excluding hydrogens is 360 g/mol. The summed E-state index contributed by atoms with van der Waals surface area (Å²) in [5, 5.41) is 14.5. The van der Waals surface area contributed by atoms with Crippen molar-refractivity contribution in [1.82, 2.24) is 10.6 Å². The lowest BCUT2D eigenvalue weighted by atomic mass is 10.0. The van der Waals surface area contributed by atoms with Gasteiger partial charge in [0.05, 0.1) is 0 Å². The predicted octanol–water partition coefficient (Wildman–Crippen LogP) is 3.48. The van der Waals surface area contributed by atoms with Gasteiger partial charge in [0.25, 0.3) is 0 Å². The minimum absolute atomic E-state index is 0.0916. The summed E-state index contributed by atoms with van der Waals surface area (Å²) in [4.78, 5) is 36.1. The molecule has 2 atom stereocenters. The minimum atomic E-state index is -1.07. The molecule has 7 heteroatoms. The Balaban J connectivity index is 2.58. The van der Waals surface area contributed by atoms with Gasteiger partial charge in [0.2, 0.25) is 5.91 Å². The number of carboxylic acids is 1. The largest absolute Gasteiger partial charge is 0.480 e. The van der Waals surface area contributed by atoms with Crippen molar-refractivity contribution >= 4 is 18.0 Å². The molecule has 28 heavy (non-hydrogen) atoms. The van der Waals surface area contributed by atoms with E-state index in [9.17, 15) is 19.5 Å². The Hall–Kier alpha value is -2.57. The van der Waals surface area contributed by atoms with Crippen LogP contribution in [0.1, 0.15) is 58.4 Å². The molecule has 0 unspecified atom stereocenters. The first-order chi connectivity index (χ1) is 13.3. The summed E-state index contributed by atoms with van der Waals surface area (Å²) in [5.41, 5.74) is 0.834. The van der Waals surface area contributed by atoms with Crippen molar-refractivity contribution in [3.05, 3.63) is 35.9 Å². The Bertz CT molecular complexity index is 618. The van der Waals surface area contributed by atoms with Gasteiger partial charge in [-0.1, -0.05) is 76.8 Å². The molecule has 1 aromatic carbocycles. The van der Waals surface area contributed by atoms with E-state index in [-0.39, 0.29) is 12.5 Å². The van der Waals surface area contributed by atoms with Crippen molar-refractivity contribution < 1.29 is 24.2 Å². The number of amides is 2. The molecule has 0 bridgehead atoms. The van der Waals surface area contributed by atoms with E-state index in [1.807, 2.05) is 30.3 Å². The van der Waals surface area contributed by atoms with Crippen LogP contribution < -0.4 is 10.6 Å². The Labute approximate surface area is 166 Å². The number of benzene rings is 1. The second-order valence-corrected chi connectivity index (χ2v) is 7.18. The van der Waals surface area contributed by atoms with Gasteiger partial charge in [0, 0.05) is 0 Å². The molecule has 156 valence electrons. The number of alkyl carbamates (subject to hydrolysis) is 1. The zero-order valence-corrected chi connectivity index (χ0v) is 16.9. The monoisotopic (exact) mass is 392 g/mol. The van der Waals surface area contributed by atoms with Crippen molar-refractivity contribution in [2.75, 3.05) is 0 Å². The number of nitrogens with one attached hydrogen (secondary N) is 2. The van der Waals surface area contributed by atoms with Crippen LogP contribution in [-0.2, 0) is 20.9 Å². The van der Waals surface area contributed by atoms with Gasteiger partial charge in [-0.15, -0.1) is 0 Å². The van der Waals surface area contributed by atoms with E-state index in [1.165, 1.54) is 0 Å². The maximum atomic E-state index is 12.6. The first-order valence-electron chi connectivity index (χ1n) is 9.85. The van der Waals surface area contributed by atoms with Gasteiger partial charge in [-0.25, -0.2) is 9.59 Å². The van der Waals surface area contributed by atoms with Crippen LogP contribution in [-0.4, -0.2) is 35.2 Å². The maximum absolute atomic E-state index is 12.6. The van der Waals surface area contributed by atoms with E-state index >= 15 is 0 Å². The minimum Gasteiger partial charge on any atom is -0.480 e. The number of aliphatic carboxylic acids is 1. The molecule has 1 aromatic rings. The van der Waals surface area contributed by atoms with Gasteiger partial charge in [-0.2, -0.15) is 0 Å². The van der Waals surface area contributed by atoms with E-state index < -0.39 is 30.1 Å². The number of unbranched alkanes of at least 4 members (excludes halogenated alkanes) is 3. The highest BCUT2D eigenvalue weighted by molar-refractivity contribution is 5.89. The summed E-state index contributed by atoms with van der Waals surface area (Å²) < 4.78 is 5.16. The van der Waals surface area contributed by atoms with E-state index in [0.29, 0.717) is 6.42 Å². The summed E-state index contributed by atoms with van der Waals surface area (Å²) in [6, 6.07) is 7.37. The third-order valence-electron chi connectivity index (χ3n) is 4.40. The highest BCUT2D eigenvalue weighted by atomic mass is 16.5. The molecule has 0 spiro atoms. The summed E-state index contributed by atoms with van der Waals surface area (Å²) in [5.74, 6) is -1.81. The number of rotatable bonds is 12. The average Bonchev–Trinajstić information content (AvgIpc) is 2.67. The van der Waals surface area contributed by atoms with Crippen LogP contribution in [0.3, 0.4) is 0 Å². The van der Waals surface area contributed by atoms with Crippen molar-refractivity contribution in [2.45, 2.75) is 71.6 Å². The lowest BCUT2D eigenvalue weighted by molar-refractivity contribution is -0.142. The molecule has 1 rings (SSSR count). The third kappa shape index (κ3) is 8.88. The summed E-state index contributed by atoms with van der Waals surface area (Å²) in [6.07, 6.45) is 3.38. The van der Waals surface area contributed by atoms with Crippen LogP contribution in [0.5, 0.6) is 0 Å². The third-order valence-corrected chi connectivity index (χ3v) is 4.40. The lowest BCUT2D eigenvalue weighted by Crippen LogP contribution is -2.53. The van der Waals surface area contributed by atoms with Crippen LogP contribution in [0.25, 0.3) is 0 Å². The van der Waals surface area contributed by atoms with E-state index in [1.54, 1.807) is 13.8 Å². The summed E-state index contributed by atoms with van der Waals surface area (Å²) in [6.45, 7) is 5.72. The normalized spacial score (nSPS) is 12.9. The molecule has 0 saturated carbocycles. The fraction of sp³-hybridized carbons (Fsp3) is 0.571. The lowest BCUT2D eigenvalue weighted by Gasteiger charge is -2.23. The second kappa shape index (κ2) is 12.8. The molecule has 0 radical (unpaired) electrons. The number of carbonyl (C=O) groups is 3. The predicted molar refractivity (Wildman–Crippen MR) is 107 cm³/mol. The van der Waals surface area contributed by atoms with Crippen LogP contribution >= 0.6 is 0 Å². The number of carbonyl (C=O) groups excluding carboxylic acids is 2. The molecule has 3 N–H and O–H groups in total. The molecule has 0 heterocycles. The molecule has 0 fully saturated rings. The van der Waals surface area contributed by atoms with Crippen LogP contribution in [0, 0.1) is 5.92 Å². The summed E-state index contributed by atoms with van der Waals surface area (Å²) in [7, 11) is 0. The molecule has 0 saturated heterocycles. The number of carboxylic acid groups (broad SMARTS) is 1. The van der Waals surface area contributed by atoms with Gasteiger partial charge in [0.1, 0.15) is 18.7 Å². The Kier molecular flexibility index (Phi) is 10.7. The standard InChI is InChI=1S/C21H32N2O5/c1-4-5-6-10-13-17(20(25)26)22-19(24)18(15(2)3)23-21(27)28-14-16-11-8-7-9-12-16/h7-9,11-12,15,17-18H,4-6,10,13-14H2,1-3H3,(H,22,24)(H,23,27)(H,25,26)/t17-,18-/m1/s1. The zero-order chi connectivity index (χ0) is 20.9. The molecule has 0 aliphatic rings. The topological polar surface area (TPSA) is 105 Å². The molecule has 0 aliphatic carbocycles. The molecular formula is C21H32N2O5. The number of hydrogen-bond acceptors (Lipinski definition) is 4. The Morgan fingerprint density at radius 1 is 1.04 bits per heavy atom. The highest BCUT2D eigenvalue weighted by Gasteiger charge is 2.28. The SMILES string of the molecule is CCCCCC[C@@H](NC(=O)[C@H](NC(=O)OCc1ccccc1)C(C)C)C(=O)O. The first-order valence-corrected chi connectivity index (χ1v) is 9.85. The van der Waals surface area contributed by atoms with E-state index in [0.717, 1.165) is 31.2 Å². The molecule has 2 amide bonds. The van der Waals surface area contributed by atoms with Crippen LogP contribution in [0.15, 0.2) is 30.3 Å². The Morgan fingerprint density at radius 3 is 2.29 bits per heavy atom. The first kappa shape index (κ1) is 23.5. The van der Waals surface area contributed by atoms with E-state index in [2.05, 4.69) is 17.6 Å². The average molecular weight is 392 g/mol. The van der Waals surface area contributed by atoms with Gasteiger partial charge >= 0.3 is 12.1 Å². The Morgan fingerprint density at radius 2 is 1.71 bits per heavy atom.